The third-order valence-corrected chi connectivity index (χ3v) is 3.47. The van der Waals surface area contributed by atoms with E-state index < -0.39 is 31.0 Å². The lowest BCUT2D eigenvalue weighted by molar-refractivity contribution is -0.0729. The highest BCUT2D eigenvalue weighted by atomic mass is 16.6. The van der Waals surface area contributed by atoms with Crippen molar-refractivity contribution in [2.24, 2.45) is 0 Å². The number of allylic oxidation sites excluding steroid dienone is 2. The standard InChI is InChI=1S/C15H28O5/c1-2-3-4-5-6-7-8-9-19-13-11-20-15(14(13)18)12(17)10-16/h5-6,12-18H,2-4,7-11H2,1H3/b6-5+/t12-,13+,14+,15+/m0/s1. The van der Waals surface area contributed by atoms with E-state index in [4.69, 9.17) is 14.6 Å². The van der Waals surface area contributed by atoms with E-state index in [9.17, 15) is 10.2 Å². The topological polar surface area (TPSA) is 79.2 Å². The number of rotatable bonds is 10. The first kappa shape index (κ1) is 17.6. The summed E-state index contributed by atoms with van der Waals surface area (Å²) in [6.45, 7) is 2.58. The zero-order valence-electron chi connectivity index (χ0n) is 12.3. The first-order valence-electron chi connectivity index (χ1n) is 7.55. The summed E-state index contributed by atoms with van der Waals surface area (Å²) in [5, 5.41) is 28.2. The molecule has 1 aliphatic heterocycles. The molecule has 0 aromatic heterocycles. The van der Waals surface area contributed by atoms with Crippen LogP contribution in [0.5, 0.6) is 0 Å². The van der Waals surface area contributed by atoms with Gasteiger partial charge in [0.05, 0.1) is 13.2 Å². The molecule has 1 saturated heterocycles. The highest BCUT2D eigenvalue weighted by molar-refractivity contribution is 4.89. The molecule has 1 heterocycles. The molecular weight excluding hydrogens is 260 g/mol. The maximum atomic E-state index is 9.91. The predicted molar refractivity (Wildman–Crippen MR) is 76.5 cm³/mol. The Kier molecular flexibility index (Phi) is 9.05. The average Bonchev–Trinajstić information content (AvgIpc) is 2.82. The van der Waals surface area contributed by atoms with E-state index in [1.165, 1.54) is 12.8 Å². The van der Waals surface area contributed by atoms with Crippen LogP contribution in [0, 0.1) is 0 Å². The summed E-state index contributed by atoms with van der Waals surface area (Å²) < 4.78 is 10.8. The number of unbranched alkanes of at least 4 members (excludes halogenated alkanes) is 3. The lowest BCUT2D eigenvalue weighted by Gasteiger charge is -2.20. The lowest BCUT2D eigenvalue weighted by Crippen LogP contribution is -2.41. The molecule has 1 rings (SSSR count). The molecule has 118 valence electrons. The van der Waals surface area contributed by atoms with Crippen molar-refractivity contribution < 1.29 is 24.8 Å². The molecule has 1 fully saturated rings. The van der Waals surface area contributed by atoms with E-state index in [-0.39, 0.29) is 6.61 Å². The molecule has 0 saturated carbocycles. The Balaban J connectivity index is 2.09. The molecule has 0 spiro atoms. The van der Waals surface area contributed by atoms with Gasteiger partial charge in [0.25, 0.3) is 0 Å². The number of hydrogen-bond acceptors (Lipinski definition) is 5. The van der Waals surface area contributed by atoms with Crippen molar-refractivity contribution in [2.75, 3.05) is 19.8 Å². The monoisotopic (exact) mass is 288 g/mol. The van der Waals surface area contributed by atoms with Gasteiger partial charge in [-0.1, -0.05) is 31.9 Å². The summed E-state index contributed by atoms with van der Waals surface area (Å²) in [5.74, 6) is 0. The van der Waals surface area contributed by atoms with Gasteiger partial charge in [0.15, 0.2) is 0 Å². The van der Waals surface area contributed by atoms with E-state index in [1.54, 1.807) is 0 Å². The fraction of sp³-hybridized carbons (Fsp3) is 0.867. The number of aliphatic hydroxyl groups excluding tert-OH is 3. The minimum Gasteiger partial charge on any atom is -0.394 e. The molecule has 0 bridgehead atoms. The van der Waals surface area contributed by atoms with Gasteiger partial charge in [-0.3, -0.25) is 0 Å². The van der Waals surface area contributed by atoms with Crippen molar-refractivity contribution in [3.05, 3.63) is 12.2 Å². The zero-order valence-corrected chi connectivity index (χ0v) is 12.3. The van der Waals surface area contributed by atoms with Crippen LogP contribution in [-0.4, -0.2) is 59.6 Å². The highest BCUT2D eigenvalue weighted by Gasteiger charge is 2.40. The molecular formula is C15H28O5. The van der Waals surface area contributed by atoms with Crippen LogP contribution >= 0.6 is 0 Å². The molecule has 0 radical (unpaired) electrons. The van der Waals surface area contributed by atoms with Crippen molar-refractivity contribution in [3.63, 3.8) is 0 Å². The normalized spacial score (nSPS) is 28.3. The summed E-state index contributed by atoms with van der Waals surface area (Å²) in [5.41, 5.74) is 0. The molecule has 3 N–H and O–H groups in total. The Labute approximate surface area is 121 Å². The Morgan fingerprint density at radius 2 is 2.00 bits per heavy atom. The van der Waals surface area contributed by atoms with Gasteiger partial charge < -0.3 is 24.8 Å². The molecule has 4 atom stereocenters. The third-order valence-electron chi connectivity index (χ3n) is 3.47. The van der Waals surface area contributed by atoms with Gasteiger partial charge in [-0.15, -0.1) is 0 Å². The van der Waals surface area contributed by atoms with Crippen molar-refractivity contribution in [3.8, 4) is 0 Å². The molecule has 0 amide bonds. The molecule has 0 aromatic carbocycles. The smallest absolute Gasteiger partial charge is 0.114 e. The quantitative estimate of drug-likeness (QED) is 0.413. The minimum atomic E-state index is -1.06. The maximum Gasteiger partial charge on any atom is 0.114 e. The Bertz CT molecular complexity index is 269. The second kappa shape index (κ2) is 10.3. The molecule has 0 unspecified atom stereocenters. The fourth-order valence-corrected chi connectivity index (χ4v) is 2.20. The lowest BCUT2D eigenvalue weighted by atomic mass is 10.1. The van der Waals surface area contributed by atoms with Gasteiger partial charge in [0.1, 0.15) is 24.4 Å². The zero-order chi connectivity index (χ0) is 14.8. The molecule has 5 nitrogen and oxygen atoms in total. The van der Waals surface area contributed by atoms with Gasteiger partial charge in [0, 0.05) is 6.61 Å². The fourth-order valence-electron chi connectivity index (χ4n) is 2.20. The minimum absolute atomic E-state index is 0.259. The van der Waals surface area contributed by atoms with Gasteiger partial charge in [-0.2, -0.15) is 0 Å². The van der Waals surface area contributed by atoms with E-state index >= 15 is 0 Å². The Morgan fingerprint density at radius 1 is 1.30 bits per heavy atom. The van der Waals surface area contributed by atoms with Gasteiger partial charge in [-0.05, 0) is 19.3 Å². The van der Waals surface area contributed by atoms with Crippen LogP contribution in [0.1, 0.15) is 39.0 Å². The summed E-state index contributed by atoms with van der Waals surface area (Å²) in [6, 6.07) is 0. The van der Waals surface area contributed by atoms with Crippen LogP contribution in [0.4, 0.5) is 0 Å². The van der Waals surface area contributed by atoms with Crippen LogP contribution in [-0.2, 0) is 9.47 Å². The van der Waals surface area contributed by atoms with Crippen molar-refractivity contribution >= 4 is 0 Å². The second-order valence-corrected chi connectivity index (χ2v) is 5.20. The molecule has 5 heteroatoms. The van der Waals surface area contributed by atoms with Crippen molar-refractivity contribution in [1.29, 1.82) is 0 Å². The Hall–Kier alpha value is -0.460. The van der Waals surface area contributed by atoms with Gasteiger partial charge in [-0.25, -0.2) is 0 Å². The van der Waals surface area contributed by atoms with E-state index in [1.807, 2.05) is 0 Å². The van der Waals surface area contributed by atoms with E-state index in [0.717, 1.165) is 19.3 Å². The number of aliphatic hydroxyl groups is 3. The maximum absolute atomic E-state index is 9.91. The Morgan fingerprint density at radius 3 is 2.65 bits per heavy atom. The second-order valence-electron chi connectivity index (χ2n) is 5.20. The molecule has 0 aromatic rings. The average molecular weight is 288 g/mol. The number of hydrogen-bond donors (Lipinski definition) is 3. The first-order valence-corrected chi connectivity index (χ1v) is 7.55. The molecule has 20 heavy (non-hydrogen) atoms. The molecule has 1 aliphatic rings. The summed E-state index contributed by atoms with van der Waals surface area (Å²) in [4.78, 5) is 0. The third kappa shape index (κ3) is 5.89. The molecule has 0 aliphatic carbocycles. The summed E-state index contributed by atoms with van der Waals surface area (Å²) >= 11 is 0. The largest absolute Gasteiger partial charge is 0.394 e. The summed E-state index contributed by atoms with van der Waals surface area (Å²) in [6.07, 6.45) is 6.72. The van der Waals surface area contributed by atoms with Crippen LogP contribution in [0.2, 0.25) is 0 Å². The summed E-state index contributed by atoms with van der Waals surface area (Å²) in [7, 11) is 0. The van der Waals surface area contributed by atoms with Crippen molar-refractivity contribution in [1.82, 2.24) is 0 Å². The van der Waals surface area contributed by atoms with Gasteiger partial charge >= 0.3 is 0 Å². The SMILES string of the molecule is CCCC/C=C/CCCO[C@@H]1CO[C@H]([C@@H](O)CO)[C@@H]1O. The van der Waals surface area contributed by atoms with Crippen LogP contribution < -0.4 is 0 Å². The van der Waals surface area contributed by atoms with Crippen LogP contribution in [0.25, 0.3) is 0 Å². The van der Waals surface area contributed by atoms with Gasteiger partial charge in [0.2, 0.25) is 0 Å². The highest BCUT2D eigenvalue weighted by Crippen LogP contribution is 2.20. The van der Waals surface area contributed by atoms with E-state index in [2.05, 4.69) is 19.1 Å². The van der Waals surface area contributed by atoms with E-state index in [0.29, 0.717) is 6.61 Å². The predicted octanol–water partition coefficient (Wildman–Crippen LogP) is 1.01. The van der Waals surface area contributed by atoms with Crippen LogP contribution in [0.15, 0.2) is 12.2 Å². The first-order chi connectivity index (χ1) is 9.70. The number of ether oxygens (including phenoxy) is 2. The van der Waals surface area contributed by atoms with Crippen LogP contribution in [0.3, 0.4) is 0 Å². The van der Waals surface area contributed by atoms with Crippen molar-refractivity contribution in [2.45, 2.75) is 63.4 Å².